The van der Waals surface area contributed by atoms with Gasteiger partial charge in [-0.3, -0.25) is 0 Å². The number of nitrogens with two attached hydrogens (primary N) is 1. The van der Waals surface area contributed by atoms with Crippen LogP contribution in [-0.2, 0) is 16.9 Å². The molecule has 1 aromatic rings. The predicted molar refractivity (Wildman–Crippen MR) is 53.9 cm³/mol. The maximum Gasteiger partial charge on any atom is 0.126 e. The summed E-state index contributed by atoms with van der Waals surface area (Å²) in [5.74, 6) is 0.300. The van der Waals surface area contributed by atoms with Crippen LogP contribution in [0.4, 0.5) is 0 Å². The Morgan fingerprint density at radius 2 is 2.21 bits per heavy atom. The molecule has 0 aromatic heterocycles. The van der Waals surface area contributed by atoms with E-state index in [0.717, 1.165) is 24.0 Å². The number of ether oxygens (including phenoxy) is 1. The van der Waals surface area contributed by atoms with Gasteiger partial charge in [-0.1, -0.05) is 18.2 Å². The number of phenolic OH excluding ortho intramolecular Hbond substituents is 1. The van der Waals surface area contributed by atoms with Crippen LogP contribution in [0.1, 0.15) is 24.0 Å². The molecule has 1 aliphatic carbocycles. The second-order valence-electron chi connectivity index (χ2n) is 3.90. The highest BCUT2D eigenvalue weighted by Gasteiger charge is 2.42. The van der Waals surface area contributed by atoms with Gasteiger partial charge < -0.3 is 15.6 Å². The minimum absolute atomic E-state index is 0.284. The molecular formula is C11H15NO2. The van der Waals surface area contributed by atoms with Crippen LogP contribution in [0.15, 0.2) is 18.2 Å². The highest BCUT2D eigenvalue weighted by Crippen LogP contribution is 2.46. The molecule has 2 rings (SSSR count). The summed E-state index contributed by atoms with van der Waals surface area (Å²) in [4.78, 5) is 0. The molecule has 1 aromatic carbocycles. The van der Waals surface area contributed by atoms with Crippen LogP contribution in [0.5, 0.6) is 5.75 Å². The Balaban J connectivity index is 2.37. The molecule has 3 heteroatoms. The van der Waals surface area contributed by atoms with Gasteiger partial charge in [-0.15, -0.1) is 0 Å². The first-order valence-electron chi connectivity index (χ1n) is 4.76. The van der Waals surface area contributed by atoms with E-state index in [4.69, 9.17) is 10.5 Å². The van der Waals surface area contributed by atoms with Gasteiger partial charge in [0.25, 0.3) is 0 Å². The number of hydrogen-bond acceptors (Lipinski definition) is 3. The van der Waals surface area contributed by atoms with Crippen molar-refractivity contribution in [3.63, 3.8) is 0 Å². The normalized spacial score (nSPS) is 18.1. The molecule has 0 bridgehead atoms. The van der Waals surface area contributed by atoms with Crippen molar-refractivity contribution in [2.24, 2.45) is 5.73 Å². The first-order valence-corrected chi connectivity index (χ1v) is 4.76. The van der Waals surface area contributed by atoms with Gasteiger partial charge in [-0.05, 0) is 12.8 Å². The highest BCUT2D eigenvalue weighted by molar-refractivity contribution is 5.46. The third-order valence-corrected chi connectivity index (χ3v) is 2.74. The fourth-order valence-electron chi connectivity index (χ4n) is 1.67. The first-order chi connectivity index (χ1) is 6.67. The van der Waals surface area contributed by atoms with E-state index in [1.807, 2.05) is 18.2 Å². The van der Waals surface area contributed by atoms with Crippen molar-refractivity contribution >= 4 is 0 Å². The molecule has 1 fully saturated rings. The quantitative estimate of drug-likeness (QED) is 0.764. The Bertz CT molecular complexity index is 345. The van der Waals surface area contributed by atoms with Crippen LogP contribution in [0.3, 0.4) is 0 Å². The summed E-state index contributed by atoms with van der Waals surface area (Å²) in [7, 11) is 1.61. The van der Waals surface area contributed by atoms with Crippen LogP contribution in [0.25, 0.3) is 0 Å². The van der Waals surface area contributed by atoms with Gasteiger partial charge in [-0.25, -0.2) is 0 Å². The number of benzene rings is 1. The summed E-state index contributed by atoms with van der Waals surface area (Å²) in [6, 6.07) is 5.66. The molecule has 3 N–H and O–H groups in total. The summed E-state index contributed by atoms with van der Waals surface area (Å²) >= 11 is 0. The van der Waals surface area contributed by atoms with Crippen molar-refractivity contribution in [1.29, 1.82) is 0 Å². The lowest BCUT2D eigenvalue weighted by molar-refractivity contribution is 0.181. The zero-order valence-corrected chi connectivity index (χ0v) is 8.29. The average Bonchev–Trinajstić information content (AvgIpc) is 2.89. The van der Waals surface area contributed by atoms with Crippen molar-refractivity contribution in [3.8, 4) is 5.75 Å². The van der Waals surface area contributed by atoms with E-state index in [1.54, 1.807) is 7.11 Å². The predicted octanol–water partition coefficient (Wildman–Crippen LogP) is 1.49. The summed E-state index contributed by atoms with van der Waals surface area (Å²) in [5.41, 5.74) is 7.41. The molecule has 0 atom stereocenters. The third kappa shape index (κ3) is 1.49. The lowest BCUT2D eigenvalue weighted by atomic mass is 10.0. The monoisotopic (exact) mass is 193 g/mol. The smallest absolute Gasteiger partial charge is 0.126 e. The first kappa shape index (κ1) is 9.49. The maximum absolute atomic E-state index is 9.94. The van der Waals surface area contributed by atoms with Crippen molar-refractivity contribution in [1.82, 2.24) is 0 Å². The fourth-order valence-corrected chi connectivity index (χ4v) is 1.67. The van der Waals surface area contributed by atoms with E-state index in [9.17, 15) is 5.11 Å². The molecule has 0 saturated heterocycles. The van der Waals surface area contributed by atoms with Gasteiger partial charge in [0.15, 0.2) is 0 Å². The van der Waals surface area contributed by atoms with Crippen LogP contribution < -0.4 is 5.73 Å². The van der Waals surface area contributed by atoms with E-state index in [2.05, 4.69) is 0 Å². The van der Waals surface area contributed by atoms with Gasteiger partial charge in [0.2, 0.25) is 0 Å². The van der Waals surface area contributed by atoms with Gasteiger partial charge >= 0.3 is 0 Å². The van der Waals surface area contributed by atoms with Crippen molar-refractivity contribution in [3.05, 3.63) is 29.3 Å². The van der Waals surface area contributed by atoms with Crippen molar-refractivity contribution in [2.45, 2.75) is 25.0 Å². The van der Waals surface area contributed by atoms with Gasteiger partial charge in [0, 0.05) is 23.8 Å². The molecule has 0 spiro atoms. The highest BCUT2D eigenvalue weighted by atomic mass is 16.5. The number of phenols is 1. The summed E-state index contributed by atoms with van der Waals surface area (Å²) in [6.07, 6.45) is 1.91. The third-order valence-electron chi connectivity index (χ3n) is 2.74. The average molecular weight is 193 g/mol. The van der Waals surface area contributed by atoms with Crippen LogP contribution >= 0.6 is 0 Å². The molecular weight excluding hydrogens is 178 g/mol. The van der Waals surface area contributed by atoms with Crippen LogP contribution in [-0.4, -0.2) is 12.2 Å². The molecule has 1 saturated carbocycles. The molecule has 14 heavy (non-hydrogen) atoms. The van der Waals surface area contributed by atoms with E-state index < -0.39 is 0 Å². The van der Waals surface area contributed by atoms with Gasteiger partial charge in [0.05, 0.1) is 6.61 Å². The Morgan fingerprint density at radius 1 is 1.50 bits per heavy atom. The van der Waals surface area contributed by atoms with Crippen LogP contribution in [0, 0.1) is 0 Å². The molecule has 0 heterocycles. The Morgan fingerprint density at radius 3 is 2.79 bits per heavy atom. The van der Waals surface area contributed by atoms with Crippen LogP contribution in [0.2, 0.25) is 0 Å². The second-order valence-corrected chi connectivity index (χ2v) is 3.90. The summed E-state index contributed by atoms with van der Waals surface area (Å²) in [5, 5.41) is 9.94. The summed E-state index contributed by atoms with van der Waals surface area (Å²) in [6.45, 7) is 0.426. The number of hydrogen-bond donors (Lipinski definition) is 2. The number of para-hydroxylation sites is 1. The number of rotatable bonds is 3. The van der Waals surface area contributed by atoms with E-state index in [-0.39, 0.29) is 5.54 Å². The Kier molecular flexibility index (Phi) is 2.21. The standard InChI is InChI=1S/C11H15NO2/c1-14-7-8-3-2-4-9(10(8)13)11(12)5-6-11/h2-4,13H,5-7,12H2,1H3. The molecule has 0 amide bonds. The van der Waals surface area contributed by atoms with E-state index in [0.29, 0.717) is 12.4 Å². The molecule has 3 nitrogen and oxygen atoms in total. The lowest BCUT2D eigenvalue weighted by Gasteiger charge is -2.13. The second kappa shape index (κ2) is 3.26. The Hall–Kier alpha value is -1.06. The minimum Gasteiger partial charge on any atom is -0.507 e. The lowest BCUT2D eigenvalue weighted by Crippen LogP contribution is -2.19. The molecule has 1 aliphatic rings. The van der Waals surface area contributed by atoms with E-state index in [1.165, 1.54) is 0 Å². The fraction of sp³-hybridized carbons (Fsp3) is 0.455. The largest absolute Gasteiger partial charge is 0.507 e. The molecule has 0 unspecified atom stereocenters. The topological polar surface area (TPSA) is 55.5 Å². The number of aromatic hydroxyl groups is 1. The maximum atomic E-state index is 9.94. The minimum atomic E-state index is -0.284. The summed E-state index contributed by atoms with van der Waals surface area (Å²) < 4.78 is 5.00. The SMILES string of the molecule is COCc1cccc(C2(N)CC2)c1O. The zero-order valence-electron chi connectivity index (χ0n) is 8.29. The zero-order chi connectivity index (χ0) is 10.2. The molecule has 76 valence electrons. The van der Waals surface area contributed by atoms with Gasteiger partial charge in [-0.2, -0.15) is 0 Å². The molecule has 0 radical (unpaired) electrons. The molecule has 0 aliphatic heterocycles. The Labute approximate surface area is 83.5 Å². The van der Waals surface area contributed by atoms with E-state index >= 15 is 0 Å². The van der Waals surface area contributed by atoms with Gasteiger partial charge in [0.1, 0.15) is 5.75 Å². The van der Waals surface area contributed by atoms with Crippen molar-refractivity contribution < 1.29 is 9.84 Å². The van der Waals surface area contributed by atoms with Crippen molar-refractivity contribution in [2.75, 3.05) is 7.11 Å². The number of methoxy groups -OCH3 is 1.